The summed E-state index contributed by atoms with van der Waals surface area (Å²) in [4.78, 5) is 36.6. The molecule has 0 amide bonds. The van der Waals surface area contributed by atoms with Gasteiger partial charge in [-0.05, 0) is 44.4 Å². The van der Waals surface area contributed by atoms with Gasteiger partial charge in [0.05, 0.1) is 0 Å². The van der Waals surface area contributed by atoms with E-state index >= 15 is 0 Å². The predicted molar refractivity (Wildman–Crippen MR) is 102 cm³/mol. The Morgan fingerprint density at radius 3 is 2.59 bits per heavy atom. The number of Topliss-reactive ketones (excluding diaryl/α,β-unsaturated/α-hetero) is 2. The van der Waals surface area contributed by atoms with Crippen molar-refractivity contribution in [3.63, 3.8) is 0 Å². The third-order valence-electron chi connectivity index (χ3n) is 8.01. The summed E-state index contributed by atoms with van der Waals surface area (Å²) in [6, 6.07) is 0. The molecule has 0 aromatic rings. The number of ether oxygens (including phenoxy) is 1. The molecule has 2 saturated carbocycles. The standard InChI is InChI=1S/C23H30O4/c1-13(24)17-12-15-11-16(27-14(2)25)7-9-22(15,3)19-8-10-23(4)18(21(17)19)5-6-20(23)26/h8,12,16-18,21H,5-7,9-11H2,1-4H3/t16-,17-,18?,21-,22-,23-/m0/s1. The molecule has 4 aliphatic rings. The van der Waals surface area contributed by atoms with Crippen LogP contribution in [-0.4, -0.2) is 23.6 Å². The van der Waals surface area contributed by atoms with E-state index in [9.17, 15) is 14.4 Å². The van der Waals surface area contributed by atoms with Gasteiger partial charge in [0, 0.05) is 36.5 Å². The van der Waals surface area contributed by atoms with E-state index in [0.717, 1.165) is 25.7 Å². The molecule has 4 nitrogen and oxygen atoms in total. The zero-order chi connectivity index (χ0) is 19.6. The molecule has 0 aromatic heterocycles. The molecular weight excluding hydrogens is 340 g/mol. The van der Waals surface area contributed by atoms with Crippen molar-refractivity contribution in [3.8, 4) is 0 Å². The van der Waals surface area contributed by atoms with E-state index in [1.165, 1.54) is 18.1 Å². The Morgan fingerprint density at radius 2 is 1.93 bits per heavy atom. The number of fused-ring (bicyclic) bond motifs is 5. The fourth-order valence-electron chi connectivity index (χ4n) is 6.44. The summed E-state index contributed by atoms with van der Waals surface area (Å²) in [6.07, 6.45) is 9.21. The van der Waals surface area contributed by atoms with E-state index in [4.69, 9.17) is 4.74 Å². The van der Waals surface area contributed by atoms with Crippen molar-refractivity contribution in [3.05, 3.63) is 23.3 Å². The number of carbonyl (C=O) groups excluding carboxylic acids is 3. The van der Waals surface area contributed by atoms with E-state index in [1.54, 1.807) is 6.92 Å². The quantitative estimate of drug-likeness (QED) is 0.540. The molecule has 1 unspecified atom stereocenters. The maximum Gasteiger partial charge on any atom is 0.302 e. The van der Waals surface area contributed by atoms with Crippen LogP contribution in [0.25, 0.3) is 0 Å². The first-order valence-corrected chi connectivity index (χ1v) is 10.3. The third-order valence-corrected chi connectivity index (χ3v) is 8.01. The van der Waals surface area contributed by atoms with Gasteiger partial charge in [0.25, 0.3) is 0 Å². The number of hydrogen-bond acceptors (Lipinski definition) is 4. The fourth-order valence-corrected chi connectivity index (χ4v) is 6.44. The third kappa shape index (κ3) is 2.67. The highest BCUT2D eigenvalue weighted by molar-refractivity contribution is 5.88. The maximum atomic E-state index is 12.6. The van der Waals surface area contributed by atoms with E-state index in [-0.39, 0.29) is 46.4 Å². The minimum absolute atomic E-state index is 0.0692. The largest absolute Gasteiger partial charge is 0.462 e. The second-order valence-corrected chi connectivity index (χ2v) is 9.51. The first kappa shape index (κ1) is 18.6. The lowest BCUT2D eigenvalue weighted by molar-refractivity contribution is -0.147. The van der Waals surface area contributed by atoms with Gasteiger partial charge in [0.2, 0.25) is 0 Å². The van der Waals surface area contributed by atoms with Crippen LogP contribution in [0, 0.1) is 28.6 Å². The SMILES string of the molecule is CC(=O)O[C@H]1CC[C@@]2(C)C(=C[C@@H](C(C)=O)[C@@H]3C2=CC[C@]2(C)C(=O)CCC32)C1. The van der Waals surface area contributed by atoms with Crippen LogP contribution in [0.15, 0.2) is 23.3 Å². The van der Waals surface area contributed by atoms with Crippen LogP contribution >= 0.6 is 0 Å². The highest BCUT2D eigenvalue weighted by atomic mass is 16.5. The average molecular weight is 370 g/mol. The van der Waals surface area contributed by atoms with Gasteiger partial charge in [-0.2, -0.15) is 0 Å². The summed E-state index contributed by atoms with van der Waals surface area (Å²) in [5, 5.41) is 0. The number of esters is 1. The Bertz CT molecular complexity index is 775. The number of rotatable bonds is 2. The van der Waals surface area contributed by atoms with E-state index in [1.807, 2.05) is 0 Å². The lowest BCUT2D eigenvalue weighted by atomic mass is 9.50. The van der Waals surface area contributed by atoms with Crippen LogP contribution in [0.1, 0.15) is 66.2 Å². The van der Waals surface area contributed by atoms with Gasteiger partial charge < -0.3 is 4.74 Å². The van der Waals surface area contributed by atoms with Crippen LogP contribution in [0.2, 0.25) is 0 Å². The maximum absolute atomic E-state index is 12.6. The number of ketones is 2. The van der Waals surface area contributed by atoms with Gasteiger partial charge in [-0.25, -0.2) is 0 Å². The number of hydrogen-bond donors (Lipinski definition) is 0. The molecule has 0 heterocycles. The summed E-state index contributed by atoms with van der Waals surface area (Å²) < 4.78 is 5.49. The first-order chi connectivity index (χ1) is 12.7. The Labute approximate surface area is 161 Å². The smallest absolute Gasteiger partial charge is 0.302 e. The van der Waals surface area contributed by atoms with Crippen molar-refractivity contribution >= 4 is 17.5 Å². The highest BCUT2D eigenvalue weighted by Gasteiger charge is 2.58. The zero-order valence-electron chi connectivity index (χ0n) is 16.8. The van der Waals surface area contributed by atoms with Crippen molar-refractivity contribution in [1.82, 2.24) is 0 Å². The Morgan fingerprint density at radius 1 is 1.19 bits per heavy atom. The molecule has 0 saturated heterocycles. The molecular formula is C23H30O4. The Balaban J connectivity index is 1.76. The molecule has 146 valence electrons. The molecule has 0 bridgehead atoms. The van der Waals surface area contributed by atoms with Crippen LogP contribution in [-0.2, 0) is 19.1 Å². The monoisotopic (exact) mass is 370 g/mol. The summed E-state index contributed by atoms with van der Waals surface area (Å²) in [5.74, 6) is 0.553. The van der Waals surface area contributed by atoms with Gasteiger partial charge in [0.1, 0.15) is 17.7 Å². The summed E-state index contributed by atoms with van der Waals surface area (Å²) >= 11 is 0. The van der Waals surface area contributed by atoms with Crippen molar-refractivity contribution in [2.75, 3.05) is 0 Å². The van der Waals surface area contributed by atoms with Gasteiger partial charge in [0.15, 0.2) is 0 Å². The molecule has 0 spiro atoms. The first-order valence-electron chi connectivity index (χ1n) is 10.3. The molecule has 0 N–H and O–H groups in total. The number of allylic oxidation sites excluding steroid dienone is 3. The summed E-state index contributed by atoms with van der Waals surface area (Å²) in [7, 11) is 0. The predicted octanol–water partition coefficient (Wildman–Crippen LogP) is 4.19. The van der Waals surface area contributed by atoms with Gasteiger partial charge >= 0.3 is 5.97 Å². The van der Waals surface area contributed by atoms with Crippen LogP contribution in [0.4, 0.5) is 0 Å². The molecule has 27 heavy (non-hydrogen) atoms. The molecule has 2 fully saturated rings. The lowest BCUT2D eigenvalue weighted by Crippen LogP contribution is -2.49. The van der Waals surface area contributed by atoms with Crippen molar-refractivity contribution < 1.29 is 19.1 Å². The Hall–Kier alpha value is -1.71. The molecule has 4 rings (SSSR count). The topological polar surface area (TPSA) is 60.4 Å². The molecule has 0 aliphatic heterocycles. The van der Waals surface area contributed by atoms with Crippen molar-refractivity contribution in [1.29, 1.82) is 0 Å². The Kier molecular flexibility index (Phi) is 4.25. The molecule has 0 radical (unpaired) electrons. The second-order valence-electron chi connectivity index (χ2n) is 9.51. The molecule has 4 heteroatoms. The van der Waals surface area contributed by atoms with Crippen molar-refractivity contribution in [2.24, 2.45) is 28.6 Å². The van der Waals surface area contributed by atoms with Crippen LogP contribution in [0.3, 0.4) is 0 Å². The zero-order valence-corrected chi connectivity index (χ0v) is 16.8. The van der Waals surface area contributed by atoms with Gasteiger partial charge in [-0.15, -0.1) is 0 Å². The van der Waals surface area contributed by atoms with E-state index in [2.05, 4.69) is 26.0 Å². The van der Waals surface area contributed by atoms with Gasteiger partial charge in [-0.1, -0.05) is 37.1 Å². The van der Waals surface area contributed by atoms with E-state index < -0.39 is 0 Å². The highest BCUT2D eigenvalue weighted by Crippen LogP contribution is 2.63. The summed E-state index contributed by atoms with van der Waals surface area (Å²) in [6.45, 7) is 7.53. The second kappa shape index (κ2) is 6.15. The van der Waals surface area contributed by atoms with Gasteiger partial charge in [-0.3, -0.25) is 14.4 Å². The van der Waals surface area contributed by atoms with Crippen molar-refractivity contribution in [2.45, 2.75) is 72.3 Å². The number of carbonyl (C=O) groups is 3. The minimum atomic E-state index is -0.307. The average Bonchev–Trinajstić information content (AvgIpc) is 2.89. The molecule has 0 aromatic carbocycles. The van der Waals surface area contributed by atoms with E-state index in [0.29, 0.717) is 18.6 Å². The minimum Gasteiger partial charge on any atom is -0.462 e. The normalized spacial score (nSPS) is 43.0. The van der Waals surface area contributed by atoms with Crippen LogP contribution in [0.5, 0.6) is 0 Å². The van der Waals surface area contributed by atoms with Crippen LogP contribution < -0.4 is 0 Å². The fraction of sp³-hybridized carbons (Fsp3) is 0.696. The summed E-state index contributed by atoms with van der Waals surface area (Å²) in [5.41, 5.74) is 2.24. The molecule has 6 atom stereocenters. The molecule has 4 aliphatic carbocycles. The lowest BCUT2D eigenvalue weighted by Gasteiger charge is -2.54.